The highest BCUT2D eigenvalue weighted by Gasteiger charge is 2.16. The van der Waals surface area contributed by atoms with E-state index in [2.05, 4.69) is 15.6 Å². The predicted octanol–water partition coefficient (Wildman–Crippen LogP) is 2.25. The van der Waals surface area contributed by atoms with E-state index >= 15 is 0 Å². The van der Waals surface area contributed by atoms with Gasteiger partial charge in [0.2, 0.25) is 5.95 Å². The minimum Gasteiger partial charge on any atom is -0.444 e. The molecule has 0 aliphatic rings. The third-order valence-electron chi connectivity index (χ3n) is 2.61. The van der Waals surface area contributed by atoms with Crippen LogP contribution in [0.2, 0.25) is 0 Å². The number of alkyl carbamates (subject to hydrolysis) is 1. The lowest BCUT2D eigenvalue weighted by atomic mass is 10.2. The maximum atomic E-state index is 12.7. The van der Waals surface area contributed by atoms with Gasteiger partial charge in [-0.25, -0.2) is 9.78 Å². The molecule has 2 N–H and O–H groups in total. The average Bonchev–Trinajstić information content (AvgIpc) is 2.37. The Bertz CT molecular complexity index is 512. The van der Waals surface area contributed by atoms with Crippen molar-refractivity contribution in [3.05, 3.63) is 29.8 Å². The molecule has 0 saturated carbocycles. The SMILES string of the molecule is C[C@H](CCNC(=O)OC(C)(C)C)NC(=O)c1ccc(F)nc1. The van der Waals surface area contributed by atoms with E-state index in [4.69, 9.17) is 4.74 Å². The number of nitrogens with zero attached hydrogens (tertiary/aromatic N) is 1. The van der Waals surface area contributed by atoms with Crippen LogP contribution in [0.5, 0.6) is 0 Å². The smallest absolute Gasteiger partial charge is 0.407 e. The summed E-state index contributed by atoms with van der Waals surface area (Å²) in [6.07, 6.45) is 1.23. The summed E-state index contributed by atoms with van der Waals surface area (Å²) in [5.41, 5.74) is -0.257. The lowest BCUT2D eigenvalue weighted by molar-refractivity contribution is 0.0526. The molecule has 0 radical (unpaired) electrons. The highest BCUT2D eigenvalue weighted by molar-refractivity contribution is 5.93. The molecule has 1 heterocycles. The van der Waals surface area contributed by atoms with Gasteiger partial charge in [-0.05, 0) is 46.2 Å². The summed E-state index contributed by atoms with van der Waals surface area (Å²) in [4.78, 5) is 26.7. The number of halogens is 1. The third-order valence-corrected chi connectivity index (χ3v) is 2.61. The van der Waals surface area contributed by atoms with Gasteiger partial charge < -0.3 is 15.4 Å². The minimum absolute atomic E-state index is 0.160. The van der Waals surface area contributed by atoms with Crippen molar-refractivity contribution in [1.29, 1.82) is 0 Å². The third kappa shape index (κ3) is 7.01. The molecule has 2 amide bonds. The van der Waals surface area contributed by atoms with E-state index in [1.165, 1.54) is 12.3 Å². The molecule has 1 aromatic heterocycles. The van der Waals surface area contributed by atoms with E-state index in [-0.39, 0.29) is 17.5 Å². The summed E-state index contributed by atoms with van der Waals surface area (Å²) in [5, 5.41) is 5.36. The van der Waals surface area contributed by atoms with Crippen LogP contribution in [0.15, 0.2) is 18.3 Å². The monoisotopic (exact) mass is 311 g/mol. The largest absolute Gasteiger partial charge is 0.444 e. The second kappa shape index (κ2) is 7.72. The average molecular weight is 311 g/mol. The maximum Gasteiger partial charge on any atom is 0.407 e. The summed E-state index contributed by atoms with van der Waals surface area (Å²) in [6.45, 7) is 7.54. The van der Waals surface area contributed by atoms with Crippen LogP contribution in [0, 0.1) is 5.95 Å². The van der Waals surface area contributed by atoms with Gasteiger partial charge in [-0.3, -0.25) is 4.79 Å². The predicted molar refractivity (Wildman–Crippen MR) is 80.0 cm³/mol. The van der Waals surface area contributed by atoms with Crippen LogP contribution in [-0.4, -0.2) is 35.2 Å². The topological polar surface area (TPSA) is 80.3 Å². The molecule has 0 saturated heterocycles. The summed E-state index contributed by atoms with van der Waals surface area (Å²) in [7, 11) is 0. The molecule has 122 valence electrons. The van der Waals surface area contributed by atoms with Crippen LogP contribution >= 0.6 is 0 Å². The molecule has 0 bridgehead atoms. The maximum absolute atomic E-state index is 12.7. The van der Waals surface area contributed by atoms with E-state index in [1.807, 2.05) is 6.92 Å². The molecule has 1 aromatic rings. The number of pyridine rings is 1. The summed E-state index contributed by atoms with van der Waals surface area (Å²) in [6, 6.07) is 2.33. The molecule has 0 unspecified atom stereocenters. The van der Waals surface area contributed by atoms with Crippen molar-refractivity contribution >= 4 is 12.0 Å². The van der Waals surface area contributed by atoms with Crippen LogP contribution in [0.1, 0.15) is 44.5 Å². The number of hydrogen-bond donors (Lipinski definition) is 2. The highest BCUT2D eigenvalue weighted by atomic mass is 19.1. The van der Waals surface area contributed by atoms with Crippen LogP contribution in [-0.2, 0) is 4.74 Å². The van der Waals surface area contributed by atoms with E-state index in [1.54, 1.807) is 20.8 Å². The van der Waals surface area contributed by atoms with E-state index in [0.29, 0.717) is 13.0 Å². The number of carbonyl (C=O) groups is 2. The molecule has 1 rings (SSSR count). The van der Waals surface area contributed by atoms with Crippen LogP contribution in [0.3, 0.4) is 0 Å². The lowest BCUT2D eigenvalue weighted by Crippen LogP contribution is -2.37. The Labute approximate surface area is 129 Å². The molecule has 0 aliphatic carbocycles. The Morgan fingerprint density at radius 3 is 2.59 bits per heavy atom. The Morgan fingerprint density at radius 1 is 1.36 bits per heavy atom. The fourth-order valence-electron chi connectivity index (χ4n) is 1.59. The normalized spacial score (nSPS) is 12.4. The van der Waals surface area contributed by atoms with E-state index < -0.39 is 17.6 Å². The molecule has 0 spiro atoms. The molecule has 6 nitrogen and oxygen atoms in total. The zero-order chi connectivity index (χ0) is 16.8. The second-order valence-electron chi connectivity index (χ2n) is 5.96. The molecular formula is C15H22FN3O3. The first-order chi connectivity index (χ1) is 10.2. The van der Waals surface area contributed by atoms with Gasteiger partial charge in [0.05, 0.1) is 5.56 Å². The number of rotatable bonds is 5. The van der Waals surface area contributed by atoms with Crippen molar-refractivity contribution in [3.63, 3.8) is 0 Å². The number of aromatic nitrogens is 1. The molecule has 0 fully saturated rings. The van der Waals surface area contributed by atoms with Crippen LogP contribution in [0.25, 0.3) is 0 Å². The Balaban J connectivity index is 2.31. The number of nitrogens with one attached hydrogen (secondary N) is 2. The highest BCUT2D eigenvalue weighted by Crippen LogP contribution is 2.06. The zero-order valence-corrected chi connectivity index (χ0v) is 13.3. The molecule has 22 heavy (non-hydrogen) atoms. The first-order valence-corrected chi connectivity index (χ1v) is 7.06. The number of ether oxygens (including phenoxy) is 1. The fraction of sp³-hybridized carbons (Fsp3) is 0.533. The van der Waals surface area contributed by atoms with Gasteiger partial charge in [0.15, 0.2) is 0 Å². The van der Waals surface area contributed by atoms with Gasteiger partial charge in [-0.1, -0.05) is 0 Å². The standard InChI is InChI=1S/C15H22FN3O3/c1-10(7-8-17-14(21)22-15(2,3)4)19-13(20)11-5-6-12(16)18-9-11/h5-6,9-10H,7-8H2,1-4H3,(H,17,21)(H,19,20)/t10-/m1/s1. The van der Waals surface area contributed by atoms with Gasteiger partial charge in [0.1, 0.15) is 5.60 Å². The van der Waals surface area contributed by atoms with Crippen molar-refractivity contribution in [1.82, 2.24) is 15.6 Å². The zero-order valence-electron chi connectivity index (χ0n) is 13.3. The summed E-state index contributed by atoms with van der Waals surface area (Å²) in [5.74, 6) is -0.969. The van der Waals surface area contributed by atoms with Gasteiger partial charge in [-0.2, -0.15) is 4.39 Å². The van der Waals surface area contributed by atoms with Crippen molar-refractivity contribution in [2.45, 2.75) is 45.8 Å². The van der Waals surface area contributed by atoms with Crippen molar-refractivity contribution < 1.29 is 18.7 Å². The van der Waals surface area contributed by atoms with Gasteiger partial charge in [-0.15, -0.1) is 0 Å². The van der Waals surface area contributed by atoms with Crippen LogP contribution < -0.4 is 10.6 Å². The summed E-state index contributed by atoms with van der Waals surface area (Å²) < 4.78 is 17.8. The first kappa shape index (κ1) is 17.9. The molecular weight excluding hydrogens is 289 g/mol. The molecule has 7 heteroatoms. The van der Waals surface area contributed by atoms with Gasteiger partial charge >= 0.3 is 6.09 Å². The van der Waals surface area contributed by atoms with Crippen molar-refractivity contribution in [2.75, 3.05) is 6.54 Å². The molecule has 0 aliphatic heterocycles. The van der Waals surface area contributed by atoms with Gasteiger partial charge in [0.25, 0.3) is 5.91 Å². The number of carbonyl (C=O) groups excluding carboxylic acids is 2. The number of amides is 2. The fourth-order valence-corrected chi connectivity index (χ4v) is 1.59. The molecule has 1 atom stereocenters. The molecule has 0 aromatic carbocycles. The minimum atomic E-state index is -0.633. The first-order valence-electron chi connectivity index (χ1n) is 7.06. The Hall–Kier alpha value is -2.18. The van der Waals surface area contributed by atoms with Gasteiger partial charge in [0, 0.05) is 18.8 Å². The Morgan fingerprint density at radius 2 is 2.05 bits per heavy atom. The quantitative estimate of drug-likeness (QED) is 0.817. The second-order valence-corrected chi connectivity index (χ2v) is 5.96. The Kier molecular flexibility index (Phi) is 6.27. The number of hydrogen-bond acceptors (Lipinski definition) is 4. The summed E-state index contributed by atoms with van der Waals surface area (Å²) >= 11 is 0. The van der Waals surface area contributed by atoms with Crippen molar-refractivity contribution in [2.24, 2.45) is 0 Å². The lowest BCUT2D eigenvalue weighted by Gasteiger charge is -2.20. The van der Waals surface area contributed by atoms with E-state index in [9.17, 15) is 14.0 Å². The van der Waals surface area contributed by atoms with E-state index in [0.717, 1.165) is 6.07 Å². The van der Waals surface area contributed by atoms with Crippen molar-refractivity contribution in [3.8, 4) is 0 Å². The van der Waals surface area contributed by atoms with Crippen LogP contribution in [0.4, 0.5) is 9.18 Å².